The van der Waals surface area contributed by atoms with Crippen LogP contribution in [-0.2, 0) is 9.53 Å². The Kier molecular flexibility index (Phi) is 5.43. The first kappa shape index (κ1) is 16.5. The molecule has 1 N–H and O–H groups in total. The van der Waals surface area contributed by atoms with Gasteiger partial charge in [0.15, 0.2) is 0 Å². The molecule has 1 aliphatic carbocycles. The van der Waals surface area contributed by atoms with Crippen LogP contribution in [-0.4, -0.2) is 22.8 Å². The average Bonchev–Trinajstić information content (AvgIpc) is 2.27. The SMILES string of the molecule is CC(C)C(C)(CC(C)(C)O)C(=O)OC1CCCCC1. The molecule has 0 bridgehead atoms. The van der Waals surface area contributed by atoms with Crippen molar-refractivity contribution in [3.8, 4) is 0 Å². The minimum atomic E-state index is -0.857. The van der Waals surface area contributed by atoms with E-state index in [-0.39, 0.29) is 18.0 Å². The number of ether oxygens (including phenoxy) is 1. The van der Waals surface area contributed by atoms with E-state index in [1.807, 2.05) is 20.8 Å². The van der Waals surface area contributed by atoms with Crippen molar-refractivity contribution in [2.45, 2.75) is 84.8 Å². The van der Waals surface area contributed by atoms with Crippen LogP contribution in [0, 0.1) is 11.3 Å². The molecule has 1 aliphatic rings. The Morgan fingerprint density at radius 1 is 1.21 bits per heavy atom. The summed E-state index contributed by atoms with van der Waals surface area (Å²) < 4.78 is 5.71. The zero-order chi connectivity index (χ0) is 14.7. The van der Waals surface area contributed by atoms with Crippen molar-refractivity contribution in [1.82, 2.24) is 0 Å². The maximum atomic E-state index is 12.5. The molecule has 1 fully saturated rings. The van der Waals surface area contributed by atoms with Gasteiger partial charge in [0.1, 0.15) is 6.10 Å². The van der Waals surface area contributed by atoms with Gasteiger partial charge in [-0.25, -0.2) is 0 Å². The monoisotopic (exact) mass is 270 g/mol. The molecule has 0 aliphatic heterocycles. The summed E-state index contributed by atoms with van der Waals surface area (Å²) in [7, 11) is 0. The number of esters is 1. The van der Waals surface area contributed by atoms with Gasteiger partial charge in [0.2, 0.25) is 0 Å². The van der Waals surface area contributed by atoms with Gasteiger partial charge in [0, 0.05) is 0 Å². The van der Waals surface area contributed by atoms with Crippen LogP contribution in [0.2, 0.25) is 0 Å². The summed E-state index contributed by atoms with van der Waals surface area (Å²) in [6, 6.07) is 0. The quantitative estimate of drug-likeness (QED) is 0.775. The lowest BCUT2D eigenvalue weighted by Gasteiger charge is -2.37. The summed E-state index contributed by atoms with van der Waals surface area (Å²) in [5.74, 6) is 0.00606. The second-order valence-corrected chi connectivity index (χ2v) is 7.23. The number of carbonyl (C=O) groups excluding carboxylic acids is 1. The van der Waals surface area contributed by atoms with Crippen LogP contribution in [0.25, 0.3) is 0 Å². The van der Waals surface area contributed by atoms with Crippen molar-refractivity contribution in [2.75, 3.05) is 0 Å². The van der Waals surface area contributed by atoms with Gasteiger partial charge in [-0.15, -0.1) is 0 Å². The lowest BCUT2D eigenvalue weighted by molar-refractivity contribution is -0.169. The molecule has 0 aromatic carbocycles. The maximum absolute atomic E-state index is 12.5. The number of rotatable bonds is 5. The number of carbonyl (C=O) groups is 1. The molecule has 0 aromatic heterocycles. The molecule has 19 heavy (non-hydrogen) atoms. The van der Waals surface area contributed by atoms with Gasteiger partial charge >= 0.3 is 5.97 Å². The van der Waals surface area contributed by atoms with E-state index in [0.29, 0.717) is 6.42 Å². The smallest absolute Gasteiger partial charge is 0.312 e. The predicted molar refractivity (Wildman–Crippen MR) is 76.8 cm³/mol. The highest BCUT2D eigenvalue weighted by Crippen LogP contribution is 2.38. The molecular weight excluding hydrogens is 240 g/mol. The molecule has 0 spiro atoms. The van der Waals surface area contributed by atoms with E-state index in [4.69, 9.17) is 4.74 Å². The van der Waals surface area contributed by atoms with E-state index in [0.717, 1.165) is 25.7 Å². The second kappa shape index (κ2) is 6.25. The highest BCUT2D eigenvalue weighted by Gasteiger charge is 2.43. The summed E-state index contributed by atoms with van der Waals surface area (Å²) in [6.45, 7) is 9.46. The molecule has 1 atom stereocenters. The minimum absolute atomic E-state index is 0.0844. The topological polar surface area (TPSA) is 46.5 Å². The highest BCUT2D eigenvalue weighted by molar-refractivity contribution is 5.77. The van der Waals surface area contributed by atoms with Crippen LogP contribution in [0.4, 0.5) is 0 Å². The van der Waals surface area contributed by atoms with E-state index >= 15 is 0 Å². The fraction of sp³-hybridized carbons (Fsp3) is 0.938. The summed E-state index contributed by atoms with van der Waals surface area (Å²) >= 11 is 0. The third-order valence-corrected chi connectivity index (χ3v) is 4.37. The van der Waals surface area contributed by atoms with E-state index in [9.17, 15) is 9.90 Å². The first-order valence-corrected chi connectivity index (χ1v) is 7.58. The first-order valence-electron chi connectivity index (χ1n) is 7.58. The summed E-state index contributed by atoms with van der Waals surface area (Å²) in [6.07, 6.45) is 6.05. The van der Waals surface area contributed by atoms with Gasteiger partial charge in [-0.1, -0.05) is 20.3 Å². The van der Waals surface area contributed by atoms with Crippen molar-refractivity contribution >= 4 is 5.97 Å². The number of aliphatic hydroxyl groups is 1. The lowest BCUT2D eigenvalue weighted by atomic mass is 9.72. The Morgan fingerprint density at radius 2 is 1.74 bits per heavy atom. The zero-order valence-corrected chi connectivity index (χ0v) is 13.2. The highest BCUT2D eigenvalue weighted by atomic mass is 16.5. The third-order valence-electron chi connectivity index (χ3n) is 4.37. The first-order chi connectivity index (χ1) is 8.65. The van der Waals surface area contributed by atoms with Gasteiger partial charge in [-0.3, -0.25) is 4.79 Å². The average molecular weight is 270 g/mol. The van der Waals surface area contributed by atoms with Gasteiger partial charge in [0.25, 0.3) is 0 Å². The molecule has 3 heteroatoms. The van der Waals surface area contributed by atoms with Gasteiger partial charge < -0.3 is 9.84 Å². The second-order valence-electron chi connectivity index (χ2n) is 7.23. The molecule has 0 aromatic rings. The van der Waals surface area contributed by atoms with Crippen molar-refractivity contribution in [1.29, 1.82) is 0 Å². The Hall–Kier alpha value is -0.570. The normalized spacial score (nSPS) is 21.2. The van der Waals surface area contributed by atoms with Crippen molar-refractivity contribution in [3.63, 3.8) is 0 Å². The Balaban J connectivity index is 2.71. The van der Waals surface area contributed by atoms with E-state index in [1.54, 1.807) is 13.8 Å². The molecule has 1 unspecified atom stereocenters. The standard InChI is InChI=1S/C16H30O3/c1-12(2)16(5,11-15(3,4)18)14(17)19-13-9-7-6-8-10-13/h12-13,18H,6-11H2,1-5H3. The molecule has 1 rings (SSSR count). The predicted octanol–water partition coefficient (Wildman–Crippen LogP) is 3.69. The van der Waals surface area contributed by atoms with Gasteiger partial charge in [-0.2, -0.15) is 0 Å². The Morgan fingerprint density at radius 3 is 2.16 bits per heavy atom. The molecule has 3 nitrogen and oxygen atoms in total. The molecular formula is C16H30O3. The number of hydrogen-bond acceptors (Lipinski definition) is 3. The summed E-state index contributed by atoms with van der Waals surface area (Å²) in [4.78, 5) is 12.5. The molecule has 112 valence electrons. The summed E-state index contributed by atoms with van der Waals surface area (Å²) in [5, 5.41) is 10.0. The molecule has 1 saturated carbocycles. The van der Waals surface area contributed by atoms with Crippen molar-refractivity contribution in [3.05, 3.63) is 0 Å². The van der Waals surface area contributed by atoms with Crippen molar-refractivity contribution < 1.29 is 14.6 Å². The van der Waals surface area contributed by atoms with Crippen LogP contribution in [0.1, 0.15) is 73.1 Å². The van der Waals surface area contributed by atoms with Crippen molar-refractivity contribution in [2.24, 2.45) is 11.3 Å². The van der Waals surface area contributed by atoms with Crippen LogP contribution in [0.5, 0.6) is 0 Å². The Labute approximate surface area is 117 Å². The van der Waals surface area contributed by atoms with Crippen LogP contribution in [0.15, 0.2) is 0 Å². The fourth-order valence-electron chi connectivity index (χ4n) is 2.88. The van der Waals surface area contributed by atoms with E-state index in [2.05, 4.69) is 0 Å². The maximum Gasteiger partial charge on any atom is 0.312 e. The van der Waals surface area contributed by atoms with E-state index < -0.39 is 11.0 Å². The minimum Gasteiger partial charge on any atom is -0.462 e. The van der Waals surface area contributed by atoms with Crippen LogP contribution in [0.3, 0.4) is 0 Å². The van der Waals surface area contributed by atoms with Gasteiger partial charge in [0.05, 0.1) is 11.0 Å². The lowest BCUT2D eigenvalue weighted by Crippen LogP contribution is -2.42. The molecule has 0 amide bonds. The largest absolute Gasteiger partial charge is 0.462 e. The zero-order valence-electron chi connectivity index (χ0n) is 13.2. The third kappa shape index (κ3) is 4.79. The Bertz CT molecular complexity index is 298. The van der Waals surface area contributed by atoms with E-state index in [1.165, 1.54) is 6.42 Å². The van der Waals surface area contributed by atoms with Gasteiger partial charge in [-0.05, 0) is 58.8 Å². The fourth-order valence-corrected chi connectivity index (χ4v) is 2.88. The molecule has 0 heterocycles. The summed E-state index contributed by atoms with van der Waals surface area (Å²) in [5.41, 5.74) is -1.47. The van der Waals surface area contributed by atoms with Crippen LogP contribution < -0.4 is 0 Å². The van der Waals surface area contributed by atoms with Crippen LogP contribution >= 0.6 is 0 Å². The molecule has 0 saturated heterocycles. The molecule has 0 radical (unpaired) electrons. The number of hydrogen-bond donors (Lipinski definition) is 1.